The van der Waals surface area contributed by atoms with Crippen LogP contribution in [0.2, 0.25) is 0 Å². The highest BCUT2D eigenvalue weighted by Crippen LogP contribution is 2.22. The molecule has 126 valence electrons. The summed E-state index contributed by atoms with van der Waals surface area (Å²) in [5, 5.41) is 18.3. The van der Waals surface area contributed by atoms with Gasteiger partial charge in [-0.2, -0.15) is 0 Å². The largest absolute Gasteiger partial charge is 0.507 e. The third kappa shape index (κ3) is 4.60. The van der Waals surface area contributed by atoms with Gasteiger partial charge in [0.05, 0.1) is 10.6 Å². The van der Waals surface area contributed by atoms with Gasteiger partial charge in [-0.3, -0.25) is 0 Å². The first kappa shape index (κ1) is 17.6. The number of aromatic carboxylic acids is 1. The number of hydrogen-bond acceptors (Lipinski definition) is 5. The number of carboxylic acid groups (broad SMARTS) is 1. The van der Waals surface area contributed by atoms with Gasteiger partial charge >= 0.3 is 5.97 Å². The molecule has 24 heavy (non-hydrogen) atoms. The highest BCUT2D eigenvalue weighted by molar-refractivity contribution is 7.91. The van der Waals surface area contributed by atoms with Gasteiger partial charge in [0.1, 0.15) is 23.7 Å². The van der Waals surface area contributed by atoms with Gasteiger partial charge in [0.15, 0.2) is 9.84 Å². The fraction of sp³-hybridized carbons (Fsp3) is 0.118. The highest BCUT2D eigenvalue weighted by Gasteiger charge is 2.11. The van der Waals surface area contributed by atoms with Gasteiger partial charge in [-0.15, -0.1) is 0 Å². The van der Waals surface area contributed by atoms with Crippen molar-refractivity contribution in [2.24, 2.45) is 0 Å². The summed E-state index contributed by atoms with van der Waals surface area (Å²) in [6.07, 6.45) is 3.01. The Bertz CT molecular complexity index is 841. The summed E-state index contributed by atoms with van der Waals surface area (Å²) in [6.45, 7) is 0.0775. The summed E-state index contributed by atoms with van der Waals surface area (Å²) in [5.41, 5.74) is -0.261. The van der Waals surface area contributed by atoms with E-state index < -0.39 is 15.8 Å². The number of sulfone groups is 1. The van der Waals surface area contributed by atoms with Crippen LogP contribution in [0.3, 0.4) is 0 Å². The van der Waals surface area contributed by atoms with Gasteiger partial charge in [0.25, 0.3) is 0 Å². The van der Waals surface area contributed by atoms with E-state index in [4.69, 9.17) is 9.84 Å². The van der Waals surface area contributed by atoms with Crippen LogP contribution in [0.4, 0.5) is 0 Å². The van der Waals surface area contributed by atoms with Crippen LogP contribution < -0.4 is 4.74 Å². The van der Waals surface area contributed by atoms with Crippen molar-refractivity contribution in [2.75, 3.05) is 12.4 Å². The quantitative estimate of drug-likeness (QED) is 0.746. The van der Waals surface area contributed by atoms with E-state index in [9.17, 15) is 18.3 Å². The second-order valence-corrected chi connectivity index (χ2v) is 6.90. The minimum absolute atomic E-state index is 0.0775. The molecule has 0 spiro atoms. The Morgan fingerprint density at radius 3 is 2.46 bits per heavy atom. The van der Waals surface area contributed by atoms with E-state index >= 15 is 0 Å². The third-order valence-electron chi connectivity index (χ3n) is 3.13. The Balaban J connectivity index is 1.92. The number of hydrogen-bond donors (Lipinski definition) is 2. The van der Waals surface area contributed by atoms with Crippen molar-refractivity contribution in [1.29, 1.82) is 0 Å². The number of carbonyl (C=O) groups is 1. The van der Waals surface area contributed by atoms with Gasteiger partial charge in [-0.05, 0) is 30.3 Å². The van der Waals surface area contributed by atoms with Crippen LogP contribution in [0.15, 0.2) is 65.6 Å². The first-order chi connectivity index (χ1) is 11.4. The van der Waals surface area contributed by atoms with Gasteiger partial charge in [0.2, 0.25) is 0 Å². The summed E-state index contributed by atoms with van der Waals surface area (Å²) < 4.78 is 29.4. The first-order valence-corrected chi connectivity index (χ1v) is 8.67. The summed E-state index contributed by atoms with van der Waals surface area (Å²) in [5.74, 6) is -1.50. The molecule has 0 radical (unpaired) electrons. The van der Waals surface area contributed by atoms with Crippen molar-refractivity contribution < 1.29 is 28.2 Å². The lowest BCUT2D eigenvalue weighted by molar-refractivity contribution is 0.0693. The van der Waals surface area contributed by atoms with Crippen molar-refractivity contribution in [3.8, 4) is 11.5 Å². The second-order valence-electron chi connectivity index (χ2n) is 4.86. The van der Waals surface area contributed by atoms with Crippen LogP contribution in [0, 0.1) is 0 Å². The van der Waals surface area contributed by atoms with Crippen LogP contribution in [0.5, 0.6) is 11.5 Å². The van der Waals surface area contributed by atoms with Crippen molar-refractivity contribution in [3.63, 3.8) is 0 Å². The summed E-state index contributed by atoms with van der Waals surface area (Å²) in [4.78, 5) is 11.1. The van der Waals surface area contributed by atoms with Gasteiger partial charge in [-0.1, -0.05) is 30.4 Å². The molecule has 0 aromatic heterocycles. The molecule has 0 aliphatic carbocycles. The number of benzene rings is 2. The van der Waals surface area contributed by atoms with Crippen molar-refractivity contribution >= 4 is 15.8 Å². The zero-order chi connectivity index (χ0) is 17.6. The standard InChI is InChI=1S/C17H16O6S/c18-16-9-8-13(12-15(16)17(19)20)23-10-4-5-11-24(21,22)14-6-2-1-3-7-14/h1-9,12,18H,10-11H2,(H,19,20). The number of aromatic hydroxyl groups is 1. The Kier molecular flexibility index (Phi) is 5.59. The SMILES string of the molecule is O=C(O)c1cc(OCC=CCS(=O)(=O)c2ccccc2)ccc1O. The molecule has 6 nitrogen and oxygen atoms in total. The number of carboxylic acids is 1. The molecule has 0 saturated carbocycles. The van der Waals surface area contributed by atoms with Crippen LogP contribution >= 0.6 is 0 Å². The van der Waals surface area contributed by atoms with Gasteiger partial charge < -0.3 is 14.9 Å². The predicted molar refractivity (Wildman–Crippen MR) is 88.2 cm³/mol. The molecular formula is C17H16O6S. The maximum atomic E-state index is 12.0. The molecule has 0 amide bonds. The molecule has 0 aliphatic heterocycles. The molecule has 0 atom stereocenters. The zero-order valence-corrected chi connectivity index (χ0v) is 13.4. The Morgan fingerprint density at radius 1 is 1.08 bits per heavy atom. The molecule has 0 saturated heterocycles. The van der Waals surface area contributed by atoms with Crippen molar-refractivity contribution in [1.82, 2.24) is 0 Å². The lowest BCUT2D eigenvalue weighted by Crippen LogP contribution is -2.05. The van der Waals surface area contributed by atoms with Crippen LogP contribution in [-0.4, -0.2) is 37.0 Å². The molecule has 2 N–H and O–H groups in total. The predicted octanol–water partition coefficient (Wildman–Crippen LogP) is 2.50. The van der Waals surface area contributed by atoms with Gasteiger partial charge in [0, 0.05) is 0 Å². The molecule has 2 aromatic rings. The Morgan fingerprint density at radius 2 is 1.79 bits per heavy atom. The molecular weight excluding hydrogens is 332 g/mol. The normalized spacial score (nSPS) is 11.5. The number of rotatable bonds is 7. The topological polar surface area (TPSA) is 101 Å². The van der Waals surface area contributed by atoms with E-state index in [-0.39, 0.29) is 34.3 Å². The smallest absolute Gasteiger partial charge is 0.339 e. The minimum Gasteiger partial charge on any atom is -0.507 e. The van der Waals surface area contributed by atoms with E-state index in [1.54, 1.807) is 18.2 Å². The number of ether oxygens (including phenoxy) is 1. The van der Waals surface area contributed by atoms with Crippen molar-refractivity contribution in [3.05, 3.63) is 66.2 Å². The summed E-state index contributed by atoms with van der Waals surface area (Å²) >= 11 is 0. The maximum Gasteiger partial charge on any atom is 0.339 e. The lowest BCUT2D eigenvalue weighted by atomic mass is 10.2. The zero-order valence-electron chi connectivity index (χ0n) is 12.6. The van der Waals surface area contributed by atoms with Crippen molar-refractivity contribution in [2.45, 2.75) is 4.90 Å². The van der Waals surface area contributed by atoms with E-state index in [0.717, 1.165) is 0 Å². The van der Waals surface area contributed by atoms with E-state index in [2.05, 4.69) is 0 Å². The summed E-state index contributed by atoms with van der Waals surface area (Å²) in [7, 11) is -3.38. The lowest BCUT2D eigenvalue weighted by Gasteiger charge is -2.05. The summed E-state index contributed by atoms with van der Waals surface area (Å²) in [6, 6.07) is 12.0. The second kappa shape index (κ2) is 7.65. The molecule has 7 heteroatoms. The van der Waals surface area contributed by atoms with Gasteiger partial charge in [-0.25, -0.2) is 13.2 Å². The van der Waals surface area contributed by atoms with Crippen LogP contribution in [-0.2, 0) is 9.84 Å². The fourth-order valence-corrected chi connectivity index (χ4v) is 3.06. The maximum absolute atomic E-state index is 12.0. The molecule has 2 aromatic carbocycles. The first-order valence-electron chi connectivity index (χ1n) is 7.02. The third-order valence-corrected chi connectivity index (χ3v) is 4.75. The van der Waals surface area contributed by atoms with Crippen LogP contribution in [0.25, 0.3) is 0 Å². The van der Waals surface area contributed by atoms with E-state index in [1.165, 1.54) is 42.5 Å². The molecule has 0 fully saturated rings. The van der Waals surface area contributed by atoms with E-state index in [0.29, 0.717) is 0 Å². The minimum atomic E-state index is -3.38. The monoisotopic (exact) mass is 348 g/mol. The Hall–Kier alpha value is -2.80. The average Bonchev–Trinajstić information content (AvgIpc) is 2.56. The number of phenols is 1. The molecule has 0 heterocycles. The van der Waals surface area contributed by atoms with E-state index in [1.807, 2.05) is 0 Å². The highest BCUT2D eigenvalue weighted by atomic mass is 32.2. The molecule has 0 aliphatic rings. The fourth-order valence-electron chi connectivity index (χ4n) is 1.91. The molecule has 0 bridgehead atoms. The average molecular weight is 348 g/mol. The molecule has 2 rings (SSSR count). The molecule has 0 unspecified atom stereocenters. The Labute approximate surface area is 139 Å². The van der Waals surface area contributed by atoms with Crippen LogP contribution in [0.1, 0.15) is 10.4 Å².